The summed E-state index contributed by atoms with van der Waals surface area (Å²) in [7, 11) is 1.74. The predicted octanol–water partition coefficient (Wildman–Crippen LogP) is 5.61. The van der Waals surface area contributed by atoms with Crippen LogP contribution in [0.1, 0.15) is 30.5 Å². The number of ether oxygens (including phenoxy) is 1. The van der Waals surface area contributed by atoms with E-state index in [4.69, 9.17) is 4.74 Å². The van der Waals surface area contributed by atoms with Crippen molar-refractivity contribution in [1.29, 1.82) is 0 Å². The molecule has 39 heavy (non-hydrogen) atoms. The maximum atomic E-state index is 13.9. The van der Waals surface area contributed by atoms with Crippen LogP contribution >= 0.6 is 0 Å². The van der Waals surface area contributed by atoms with Crippen molar-refractivity contribution in [3.63, 3.8) is 0 Å². The van der Waals surface area contributed by atoms with Gasteiger partial charge in [0.25, 0.3) is 0 Å². The monoisotopic (exact) mass is 537 g/mol. The fraction of sp³-hybridized carbons (Fsp3) is 0.185. The fourth-order valence-electron chi connectivity index (χ4n) is 3.88. The molecule has 0 atom stereocenters. The molecule has 12 heteroatoms. The Bertz CT molecular complexity index is 1570. The van der Waals surface area contributed by atoms with Gasteiger partial charge in [-0.05, 0) is 55.1 Å². The van der Waals surface area contributed by atoms with Crippen LogP contribution in [0, 0.1) is 0 Å². The van der Waals surface area contributed by atoms with Gasteiger partial charge in [-0.3, -0.25) is 9.89 Å². The van der Waals surface area contributed by atoms with Gasteiger partial charge in [0.15, 0.2) is 0 Å². The molecule has 0 fully saturated rings. The molecule has 0 radical (unpaired) electrons. The Hall–Kier alpha value is -4.87. The summed E-state index contributed by atoms with van der Waals surface area (Å²) in [4.78, 5) is 19.6. The van der Waals surface area contributed by atoms with Gasteiger partial charge in [0.2, 0.25) is 11.9 Å². The van der Waals surface area contributed by atoms with Gasteiger partial charge < -0.3 is 19.9 Å². The molecule has 2 aromatic carbocycles. The third-order valence-electron chi connectivity index (χ3n) is 5.75. The van der Waals surface area contributed by atoms with Crippen LogP contribution in [0.5, 0.6) is 5.75 Å². The number of aryl methyl sites for hydroxylation is 1. The quantitative estimate of drug-likeness (QED) is 0.146. The summed E-state index contributed by atoms with van der Waals surface area (Å²) in [6, 6.07) is 9.31. The van der Waals surface area contributed by atoms with Crippen molar-refractivity contribution >= 4 is 35.3 Å². The van der Waals surface area contributed by atoms with Gasteiger partial charge in [-0.15, -0.1) is 0 Å². The first-order valence-electron chi connectivity index (χ1n) is 11.8. The topological polar surface area (TPSA) is 109 Å². The molecule has 0 spiro atoms. The van der Waals surface area contributed by atoms with Crippen molar-refractivity contribution in [3.05, 3.63) is 89.2 Å². The molecule has 0 saturated carbocycles. The molecule has 4 aromatic rings. The standard InChI is InChI=1S/C27H26F3N7O2/c1-5-20(13-25(31-3)34-16(2)38)39-21-8-9-23-24(12-21)37(4)26(36-23)35-19-7-6-18(10-17-14-32-33-15-17)22(11-19)27(28,29)30/h5-9,11-15H,3,10H2,1-2,4H3,(H,32,33)(H,34,38)(H,35,36)/b20-5+,25-13+. The third kappa shape index (κ3) is 6.53. The van der Waals surface area contributed by atoms with Crippen LogP contribution in [0.3, 0.4) is 0 Å². The Morgan fingerprint density at radius 1 is 1.26 bits per heavy atom. The van der Waals surface area contributed by atoms with Gasteiger partial charge in [-0.2, -0.15) is 18.3 Å². The highest BCUT2D eigenvalue weighted by Crippen LogP contribution is 2.36. The number of amides is 1. The van der Waals surface area contributed by atoms with E-state index < -0.39 is 11.7 Å². The second kappa shape index (κ2) is 11.3. The van der Waals surface area contributed by atoms with E-state index in [1.807, 2.05) is 0 Å². The predicted molar refractivity (Wildman–Crippen MR) is 143 cm³/mol. The lowest BCUT2D eigenvalue weighted by molar-refractivity contribution is -0.138. The molecule has 1 amide bonds. The number of fused-ring (bicyclic) bond motifs is 1. The van der Waals surface area contributed by atoms with Crippen LogP contribution in [-0.2, 0) is 24.4 Å². The lowest BCUT2D eigenvalue weighted by atomic mass is 10.0. The van der Waals surface area contributed by atoms with Crippen molar-refractivity contribution in [2.75, 3.05) is 5.32 Å². The number of nitrogens with zero attached hydrogens (tertiary/aromatic N) is 4. The minimum Gasteiger partial charge on any atom is -0.458 e. The number of aliphatic imine (C=N–C) groups is 1. The smallest absolute Gasteiger partial charge is 0.416 e. The third-order valence-corrected chi connectivity index (χ3v) is 5.75. The maximum Gasteiger partial charge on any atom is 0.416 e. The van der Waals surface area contributed by atoms with Gasteiger partial charge in [0, 0.05) is 44.4 Å². The van der Waals surface area contributed by atoms with Crippen molar-refractivity contribution in [2.45, 2.75) is 26.4 Å². The highest BCUT2D eigenvalue weighted by Gasteiger charge is 2.33. The Labute approximate surface area is 222 Å². The first-order valence-corrected chi connectivity index (χ1v) is 11.8. The highest BCUT2D eigenvalue weighted by molar-refractivity contribution is 5.81. The zero-order valence-electron chi connectivity index (χ0n) is 21.4. The van der Waals surface area contributed by atoms with E-state index in [1.54, 1.807) is 55.1 Å². The summed E-state index contributed by atoms with van der Waals surface area (Å²) in [5.41, 5.74) is 1.61. The Morgan fingerprint density at radius 3 is 2.69 bits per heavy atom. The van der Waals surface area contributed by atoms with Crippen LogP contribution in [0.15, 0.2) is 77.5 Å². The number of allylic oxidation sites excluding steroid dienone is 2. The average Bonchev–Trinajstić information content (AvgIpc) is 3.51. The number of hydrogen-bond acceptors (Lipinski definition) is 6. The second-order valence-electron chi connectivity index (χ2n) is 8.58. The van der Waals surface area contributed by atoms with E-state index in [0.29, 0.717) is 34.1 Å². The minimum atomic E-state index is -4.53. The number of aromatic nitrogens is 4. The molecule has 0 bridgehead atoms. The Balaban J connectivity index is 1.59. The van der Waals surface area contributed by atoms with E-state index in [0.717, 1.165) is 6.07 Å². The highest BCUT2D eigenvalue weighted by atomic mass is 19.4. The number of H-pyrrole nitrogens is 1. The molecule has 2 aromatic heterocycles. The van der Waals surface area contributed by atoms with E-state index in [2.05, 4.69) is 37.5 Å². The van der Waals surface area contributed by atoms with Crippen LogP contribution < -0.4 is 15.4 Å². The van der Waals surface area contributed by atoms with E-state index in [-0.39, 0.29) is 29.4 Å². The second-order valence-corrected chi connectivity index (χ2v) is 8.58. The molecule has 202 valence electrons. The van der Waals surface area contributed by atoms with Gasteiger partial charge in [-0.25, -0.2) is 9.98 Å². The van der Waals surface area contributed by atoms with Gasteiger partial charge in [0.1, 0.15) is 17.3 Å². The molecule has 0 aliphatic carbocycles. The van der Waals surface area contributed by atoms with Crippen molar-refractivity contribution in [1.82, 2.24) is 25.1 Å². The van der Waals surface area contributed by atoms with E-state index >= 15 is 0 Å². The summed E-state index contributed by atoms with van der Waals surface area (Å²) in [6.45, 7) is 6.56. The van der Waals surface area contributed by atoms with Crippen LogP contribution in [-0.4, -0.2) is 32.4 Å². The number of rotatable bonds is 9. The van der Waals surface area contributed by atoms with Crippen LogP contribution in [0.4, 0.5) is 24.8 Å². The maximum absolute atomic E-state index is 13.9. The van der Waals surface area contributed by atoms with Crippen LogP contribution in [0.2, 0.25) is 0 Å². The summed E-state index contributed by atoms with van der Waals surface area (Å²) in [5.74, 6) is 1.19. The number of aromatic amines is 1. The summed E-state index contributed by atoms with van der Waals surface area (Å²) < 4.78 is 49.2. The van der Waals surface area contributed by atoms with Crippen molar-refractivity contribution < 1.29 is 22.7 Å². The SMILES string of the molecule is C=N/C(=C\C(=C/C)Oc1ccc2nc(Nc3ccc(Cc4cn[nH]c4)c(C(F)(F)F)c3)n(C)c2c1)NC(C)=O. The fourth-order valence-corrected chi connectivity index (χ4v) is 3.88. The van der Waals surface area contributed by atoms with Gasteiger partial charge >= 0.3 is 6.18 Å². The number of benzene rings is 2. The van der Waals surface area contributed by atoms with E-state index in [9.17, 15) is 18.0 Å². The molecule has 0 saturated heterocycles. The molecular formula is C27H26F3N7O2. The van der Waals surface area contributed by atoms with Crippen molar-refractivity contribution in [3.8, 4) is 5.75 Å². The first-order chi connectivity index (χ1) is 18.6. The average molecular weight is 538 g/mol. The Kier molecular flexibility index (Phi) is 7.84. The zero-order chi connectivity index (χ0) is 28.2. The molecule has 2 heterocycles. The lowest BCUT2D eigenvalue weighted by Crippen LogP contribution is -2.18. The number of nitrogens with one attached hydrogen (secondary N) is 3. The number of carbonyl (C=O) groups excluding carboxylic acids is 1. The van der Waals surface area contributed by atoms with Gasteiger partial charge in [-0.1, -0.05) is 6.07 Å². The Morgan fingerprint density at radius 2 is 2.05 bits per heavy atom. The normalized spacial score (nSPS) is 12.5. The number of carbonyl (C=O) groups is 1. The number of alkyl halides is 3. The lowest BCUT2D eigenvalue weighted by Gasteiger charge is -2.15. The molecule has 0 unspecified atom stereocenters. The number of anilines is 2. The summed E-state index contributed by atoms with van der Waals surface area (Å²) in [5, 5.41) is 12.0. The number of halogens is 3. The molecular weight excluding hydrogens is 511 g/mol. The van der Waals surface area contributed by atoms with E-state index in [1.165, 1.54) is 25.3 Å². The molecule has 0 aliphatic heterocycles. The summed E-state index contributed by atoms with van der Waals surface area (Å²) >= 11 is 0. The zero-order valence-corrected chi connectivity index (χ0v) is 21.4. The van der Waals surface area contributed by atoms with Crippen molar-refractivity contribution in [2.24, 2.45) is 12.0 Å². The van der Waals surface area contributed by atoms with Crippen LogP contribution in [0.25, 0.3) is 11.0 Å². The largest absolute Gasteiger partial charge is 0.458 e. The molecule has 3 N–H and O–H groups in total. The molecule has 0 aliphatic rings. The number of hydrogen-bond donors (Lipinski definition) is 3. The first kappa shape index (κ1) is 27.2. The number of imidazole rings is 1. The molecule has 9 nitrogen and oxygen atoms in total. The summed E-state index contributed by atoms with van der Waals surface area (Å²) in [6.07, 6.45) is 1.86. The minimum absolute atomic E-state index is 0.0965. The van der Waals surface area contributed by atoms with Gasteiger partial charge in [0.05, 0.1) is 22.8 Å². The molecule has 4 rings (SSSR count).